The van der Waals surface area contributed by atoms with Gasteiger partial charge < -0.3 is 4.57 Å². The number of nitrogens with zero attached hydrogens (tertiary/aromatic N) is 4. The Morgan fingerprint density at radius 3 is 2.40 bits per heavy atom. The van der Waals surface area contributed by atoms with Crippen LogP contribution in [-0.2, 0) is 23.0 Å². The Kier molecular flexibility index (Phi) is 5.51. The van der Waals surface area contributed by atoms with Crippen LogP contribution in [0.15, 0.2) is 41.6 Å². The van der Waals surface area contributed by atoms with Crippen LogP contribution < -0.4 is 0 Å². The molecule has 2 heterocycles. The van der Waals surface area contributed by atoms with Gasteiger partial charge in [-0.2, -0.15) is 4.31 Å². The summed E-state index contributed by atoms with van der Waals surface area (Å²) < 4.78 is 41.8. The van der Waals surface area contributed by atoms with Crippen molar-refractivity contribution in [1.29, 1.82) is 0 Å². The third-order valence-electron chi connectivity index (χ3n) is 4.56. The fraction of sp³-hybridized carbons (Fsp3) is 0.471. The Labute approximate surface area is 147 Å². The van der Waals surface area contributed by atoms with Gasteiger partial charge >= 0.3 is 0 Å². The molecule has 3 rings (SSSR count). The number of hydrogen-bond acceptors (Lipinski definition) is 4. The summed E-state index contributed by atoms with van der Waals surface area (Å²) >= 11 is 0. The van der Waals surface area contributed by atoms with Gasteiger partial charge in [0.1, 0.15) is 11.6 Å². The molecule has 0 unspecified atom stereocenters. The largest absolute Gasteiger partial charge is 0.334 e. The summed E-state index contributed by atoms with van der Waals surface area (Å²) in [6.45, 7) is 6.08. The Balaban J connectivity index is 1.55. The summed E-state index contributed by atoms with van der Waals surface area (Å²) in [7, 11) is -3.55. The maximum atomic E-state index is 13.0. The number of imidazole rings is 1. The van der Waals surface area contributed by atoms with Crippen molar-refractivity contribution in [3.8, 4) is 0 Å². The molecule has 0 aliphatic carbocycles. The number of aryl methyl sites for hydroxylation is 1. The van der Waals surface area contributed by atoms with Crippen LogP contribution in [0.25, 0.3) is 0 Å². The molecule has 6 nitrogen and oxygen atoms in total. The summed E-state index contributed by atoms with van der Waals surface area (Å²) in [5.41, 5.74) is 0. The molecule has 136 valence electrons. The molecule has 0 amide bonds. The minimum atomic E-state index is -3.55. The minimum absolute atomic E-state index is 0.147. The standard InChI is InChI=1S/C17H23FN4O2S/c1-2-17-19-7-8-21(17)12-9-20-10-13-22(14-11-20)25(23,24)16-5-3-15(18)4-6-16/h3-8H,2,9-14H2,1H3. The third kappa shape index (κ3) is 4.08. The van der Waals surface area contributed by atoms with Gasteiger partial charge in [0, 0.05) is 58.1 Å². The summed E-state index contributed by atoms with van der Waals surface area (Å²) in [5, 5.41) is 0. The molecule has 1 fully saturated rings. The fourth-order valence-corrected chi connectivity index (χ4v) is 4.48. The molecule has 0 saturated carbocycles. The van der Waals surface area contributed by atoms with Crippen LogP contribution in [0.2, 0.25) is 0 Å². The quantitative estimate of drug-likeness (QED) is 0.779. The van der Waals surface area contributed by atoms with Crippen molar-refractivity contribution in [3.63, 3.8) is 0 Å². The van der Waals surface area contributed by atoms with Gasteiger partial charge in [-0.05, 0) is 24.3 Å². The molecule has 0 radical (unpaired) electrons. The molecular formula is C17H23FN4O2S. The van der Waals surface area contributed by atoms with E-state index >= 15 is 0 Å². The summed E-state index contributed by atoms with van der Waals surface area (Å²) in [6.07, 6.45) is 4.69. The van der Waals surface area contributed by atoms with E-state index < -0.39 is 15.8 Å². The van der Waals surface area contributed by atoms with E-state index in [2.05, 4.69) is 21.4 Å². The first-order chi connectivity index (χ1) is 12.0. The second-order valence-corrected chi connectivity index (χ2v) is 8.03. The van der Waals surface area contributed by atoms with Gasteiger partial charge in [0.15, 0.2) is 0 Å². The second-order valence-electron chi connectivity index (χ2n) is 6.09. The number of aromatic nitrogens is 2. The number of hydrogen-bond donors (Lipinski definition) is 0. The Hall–Kier alpha value is -1.77. The van der Waals surface area contributed by atoms with Crippen molar-refractivity contribution in [2.45, 2.75) is 24.8 Å². The van der Waals surface area contributed by atoms with Crippen molar-refractivity contribution in [2.75, 3.05) is 32.7 Å². The fourth-order valence-electron chi connectivity index (χ4n) is 3.06. The highest BCUT2D eigenvalue weighted by Gasteiger charge is 2.28. The average molecular weight is 366 g/mol. The molecule has 25 heavy (non-hydrogen) atoms. The van der Waals surface area contributed by atoms with Crippen molar-refractivity contribution in [3.05, 3.63) is 48.3 Å². The van der Waals surface area contributed by atoms with Gasteiger partial charge in [0.25, 0.3) is 0 Å². The Morgan fingerprint density at radius 2 is 1.76 bits per heavy atom. The molecule has 1 aromatic carbocycles. The summed E-state index contributed by atoms with van der Waals surface area (Å²) in [4.78, 5) is 6.72. The first kappa shape index (κ1) is 18.0. The Bertz CT molecular complexity index is 796. The normalized spacial score (nSPS) is 17.0. The van der Waals surface area contributed by atoms with Crippen LogP contribution >= 0.6 is 0 Å². The van der Waals surface area contributed by atoms with Crippen molar-refractivity contribution >= 4 is 10.0 Å². The van der Waals surface area contributed by atoms with Crippen LogP contribution in [0.1, 0.15) is 12.7 Å². The summed E-state index contributed by atoms with van der Waals surface area (Å²) in [5.74, 6) is 0.632. The summed E-state index contributed by atoms with van der Waals surface area (Å²) in [6, 6.07) is 5.00. The number of benzene rings is 1. The van der Waals surface area contributed by atoms with Gasteiger partial charge in [-0.1, -0.05) is 6.92 Å². The smallest absolute Gasteiger partial charge is 0.243 e. The minimum Gasteiger partial charge on any atom is -0.334 e. The molecule has 1 aliphatic heterocycles. The van der Waals surface area contributed by atoms with E-state index in [0.29, 0.717) is 26.2 Å². The van der Waals surface area contributed by atoms with E-state index in [9.17, 15) is 12.8 Å². The molecule has 8 heteroatoms. The van der Waals surface area contributed by atoms with E-state index in [4.69, 9.17) is 0 Å². The highest BCUT2D eigenvalue weighted by atomic mass is 32.2. The SMILES string of the molecule is CCc1nccn1CCN1CCN(S(=O)(=O)c2ccc(F)cc2)CC1. The molecule has 2 aromatic rings. The van der Waals surface area contributed by atoms with E-state index in [-0.39, 0.29) is 4.90 Å². The van der Waals surface area contributed by atoms with Crippen molar-refractivity contribution < 1.29 is 12.8 Å². The molecule has 0 spiro atoms. The zero-order valence-electron chi connectivity index (χ0n) is 14.3. The topological polar surface area (TPSA) is 58.4 Å². The number of halogens is 1. The predicted molar refractivity (Wildman–Crippen MR) is 93.2 cm³/mol. The van der Waals surface area contributed by atoms with Crippen LogP contribution in [0, 0.1) is 5.82 Å². The third-order valence-corrected chi connectivity index (χ3v) is 6.47. The van der Waals surface area contributed by atoms with E-state index in [1.165, 1.54) is 28.6 Å². The van der Waals surface area contributed by atoms with Gasteiger partial charge in [0.2, 0.25) is 10.0 Å². The molecular weight excluding hydrogens is 343 g/mol. The lowest BCUT2D eigenvalue weighted by Crippen LogP contribution is -2.49. The lowest BCUT2D eigenvalue weighted by atomic mass is 10.3. The molecule has 0 bridgehead atoms. The highest BCUT2D eigenvalue weighted by Crippen LogP contribution is 2.18. The lowest BCUT2D eigenvalue weighted by Gasteiger charge is -2.34. The van der Waals surface area contributed by atoms with Gasteiger partial charge in [-0.15, -0.1) is 0 Å². The zero-order valence-corrected chi connectivity index (χ0v) is 15.1. The molecule has 0 atom stereocenters. The van der Waals surface area contributed by atoms with Crippen molar-refractivity contribution in [1.82, 2.24) is 18.8 Å². The average Bonchev–Trinajstić information content (AvgIpc) is 3.08. The van der Waals surface area contributed by atoms with Crippen LogP contribution in [-0.4, -0.2) is 59.9 Å². The van der Waals surface area contributed by atoms with Gasteiger partial charge in [-0.3, -0.25) is 4.90 Å². The van der Waals surface area contributed by atoms with E-state index in [1.54, 1.807) is 0 Å². The first-order valence-electron chi connectivity index (χ1n) is 8.49. The van der Waals surface area contributed by atoms with E-state index in [1.807, 2.05) is 12.4 Å². The molecule has 1 saturated heterocycles. The second kappa shape index (κ2) is 7.63. The van der Waals surface area contributed by atoms with Gasteiger partial charge in [-0.25, -0.2) is 17.8 Å². The maximum absolute atomic E-state index is 13.0. The van der Waals surface area contributed by atoms with Gasteiger partial charge in [0.05, 0.1) is 4.90 Å². The molecule has 0 N–H and O–H groups in total. The molecule has 1 aromatic heterocycles. The maximum Gasteiger partial charge on any atom is 0.243 e. The number of sulfonamides is 1. The van der Waals surface area contributed by atoms with Crippen molar-refractivity contribution in [2.24, 2.45) is 0 Å². The zero-order chi connectivity index (χ0) is 17.9. The van der Waals surface area contributed by atoms with Crippen LogP contribution in [0.3, 0.4) is 0 Å². The number of rotatable bonds is 6. The number of piperazine rings is 1. The van der Waals surface area contributed by atoms with Crippen LogP contribution in [0.4, 0.5) is 4.39 Å². The van der Waals surface area contributed by atoms with Crippen LogP contribution in [0.5, 0.6) is 0 Å². The lowest BCUT2D eigenvalue weighted by molar-refractivity contribution is 0.182. The van der Waals surface area contributed by atoms with E-state index in [0.717, 1.165) is 25.3 Å². The Morgan fingerprint density at radius 1 is 1.08 bits per heavy atom. The first-order valence-corrected chi connectivity index (χ1v) is 9.93. The molecule has 1 aliphatic rings. The predicted octanol–water partition coefficient (Wildman–Crippen LogP) is 1.59. The highest BCUT2D eigenvalue weighted by molar-refractivity contribution is 7.89. The monoisotopic (exact) mass is 366 g/mol.